The second-order valence-electron chi connectivity index (χ2n) is 3.94. The van der Waals surface area contributed by atoms with Crippen LogP contribution in [0.1, 0.15) is 5.56 Å². The number of aromatic amines is 1. The van der Waals surface area contributed by atoms with Gasteiger partial charge in [0.25, 0.3) is 0 Å². The number of nitrogens with two attached hydrogens (primary N) is 1. The Balaban J connectivity index is 2.17. The molecule has 0 aliphatic heterocycles. The van der Waals surface area contributed by atoms with Gasteiger partial charge in [-0.25, -0.2) is 0 Å². The summed E-state index contributed by atoms with van der Waals surface area (Å²) in [6, 6.07) is 7.53. The molecule has 1 aromatic carbocycles. The first kappa shape index (κ1) is 14.5. The van der Waals surface area contributed by atoms with Crippen LogP contribution in [0.3, 0.4) is 0 Å². The van der Waals surface area contributed by atoms with Gasteiger partial charge in [-0.3, -0.25) is 9.59 Å². The number of carbonyl (C=O) groups excluding carboxylic acids is 1. The van der Waals surface area contributed by atoms with E-state index in [0.29, 0.717) is 15.7 Å². The van der Waals surface area contributed by atoms with Gasteiger partial charge in [0.2, 0.25) is 5.91 Å². The summed E-state index contributed by atoms with van der Waals surface area (Å²) in [5.74, 6) is -0.372. The SMILES string of the molecule is Cc1ccc(N=Nc2sc(=O)[nH]c2SCC(N)=O)cc1. The minimum atomic E-state index is -0.455. The average Bonchev–Trinajstić information content (AvgIpc) is 2.76. The second-order valence-corrected chi connectivity index (χ2v) is 5.89. The maximum absolute atomic E-state index is 11.3. The molecule has 8 heteroatoms. The number of azo groups is 1. The molecule has 0 spiro atoms. The topological polar surface area (TPSA) is 101 Å². The molecule has 0 bridgehead atoms. The summed E-state index contributed by atoms with van der Waals surface area (Å²) in [5, 5.41) is 9.06. The summed E-state index contributed by atoms with van der Waals surface area (Å²) < 4.78 is 0. The number of carbonyl (C=O) groups is 1. The van der Waals surface area contributed by atoms with Crippen molar-refractivity contribution >= 4 is 39.7 Å². The maximum Gasteiger partial charge on any atom is 0.307 e. The number of aromatic nitrogens is 1. The van der Waals surface area contributed by atoms with Gasteiger partial charge in [-0.15, -0.1) is 10.2 Å². The van der Waals surface area contributed by atoms with Crippen LogP contribution >= 0.6 is 23.1 Å². The molecule has 0 unspecified atom stereocenters. The van der Waals surface area contributed by atoms with Gasteiger partial charge in [-0.05, 0) is 19.1 Å². The van der Waals surface area contributed by atoms with Crippen LogP contribution < -0.4 is 10.6 Å². The van der Waals surface area contributed by atoms with Crippen molar-refractivity contribution in [2.24, 2.45) is 16.0 Å². The first-order valence-electron chi connectivity index (χ1n) is 5.67. The van der Waals surface area contributed by atoms with Crippen LogP contribution in [0.2, 0.25) is 0 Å². The maximum atomic E-state index is 11.3. The molecular weight excluding hydrogens is 296 g/mol. The fourth-order valence-electron chi connectivity index (χ4n) is 1.33. The van der Waals surface area contributed by atoms with Gasteiger partial charge in [-0.1, -0.05) is 40.8 Å². The summed E-state index contributed by atoms with van der Waals surface area (Å²) in [5.41, 5.74) is 6.90. The molecular formula is C12H12N4O2S2. The molecule has 1 aromatic heterocycles. The molecule has 6 nitrogen and oxygen atoms in total. The van der Waals surface area contributed by atoms with Crippen molar-refractivity contribution in [3.63, 3.8) is 0 Å². The first-order chi connectivity index (χ1) is 9.54. The molecule has 0 saturated carbocycles. The van der Waals surface area contributed by atoms with E-state index in [0.717, 1.165) is 28.7 Å². The summed E-state index contributed by atoms with van der Waals surface area (Å²) in [7, 11) is 0. The molecule has 2 aromatic rings. The molecule has 104 valence electrons. The fraction of sp³-hybridized carbons (Fsp3) is 0.167. The van der Waals surface area contributed by atoms with E-state index in [9.17, 15) is 9.59 Å². The third-order valence-electron chi connectivity index (χ3n) is 2.25. The summed E-state index contributed by atoms with van der Waals surface area (Å²) in [4.78, 5) is 24.5. The predicted molar refractivity (Wildman–Crippen MR) is 80.2 cm³/mol. The van der Waals surface area contributed by atoms with Gasteiger partial charge in [-0.2, -0.15) is 0 Å². The van der Waals surface area contributed by atoms with E-state index < -0.39 is 5.91 Å². The van der Waals surface area contributed by atoms with Gasteiger partial charge in [0.15, 0.2) is 5.00 Å². The van der Waals surface area contributed by atoms with Crippen molar-refractivity contribution in [2.45, 2.75) is 11.9 Å². The Morgan fingerprint density at radius 1 is 1.35 bits per heavy atom. The Morgan fingerprint density at radius 2 is 2.05 bits per heavy atom. The predicted octanol–water partition coefficient (Wildman–Crippen LogP) is 2.74. The second kappa shape index (κ2) is 6.49. The van der Waals surface area contributed by atoms with Gasteiger partial charge in [0.1, 0.15) is 5.03 Å². The number of hydrogen-bond donors (Lipinski definition) is 2. The molecule has 0 fully saturated rings. The molecule has 0 aliphatic rings. The minimum Gasteiger partial charge on any atom is -0.369 e. The quantitative estimate of drug-likeness (QED) is 0.656. The van der Waals surface area contributed by atoms with Crippen LogP contribution in [0.5, 0.6) is 0 Å². The monoisotopic (exact) mass is 308 g/mol. The van der Waals surface area contributed by atoms with Gasteiger partial charge in [0.05, 0.1) is 11.4 Å². The number of nitrogens with zero attached hydrogens (tertiary/aromatic N) is 2. The normalized spacial score (nSPS) is 11.1. The number of amides is 1. The third kappa shape index (κ3) is 4.04. The smallest absolute Gasteiger partial charge is 0.307 e. The lowest BCUT2D eigenvalue weighted by molar-refractivity contribution is -0.115. The number of benzene rings is 1. The van der Waals surface area contributed by atoms with E-state index in [2.05, 4.69) is 15.2 Å². The fourth-order valence-corrected chi connectivity index (χ4v) is 2.86. The van der Waals surface area contributed by atoms with E-state index in [4.69, 9.17) is 5.73 Å². The molecule has 0 aliphatic carbocycles. The zero-order valence-electron chi connectivity index (χ0n) is 10.6. The van der Waals surface area contributed by atoms with Crippen molar-refractivity contribution in [1.29, 1.82) is 0 Å². The molecule has 0 radical (unpaired) electrons. The van der Waals surface area contributed by atoms with E-state index >= 15 is 0 Å². The largest absolute Gasteiger partial charge is 0.369 e. The summed E-state index contributed by atoms with van der Waals surface area (Å²) >= 11 is 2.08. The average molecular weight is 308 g/mol. The highest BCUT2D eigenvalue weighted by molar-refractivity contribution is 8.00. The number of aryl methyl sites for hydroxylation is 1. The first-order valence-corrected chi connectivity index (χ1v) is 7.47. The van der Waals surface area contributed by atoms with Crippen LogP contribution in [0.15, 0.2) is 44.3 Å². The van der Waals surface area contributed by atoms with Gasteiger partial charge in [0, 0.05) is 0 Å². The van der Waals surface area contributed by atoms with Crippen LogP contribution in [0, 0.1) is 6.92 Å². The molecule has 3 N–H and O–H groups in total. The number of H-pyrrole nitrogens is 1. The standard InChI is InChI=1S/C12H12N4O2S2/c1-7-2-4-8(5-3-7)15-16-11-10(14-12(18)20-11)19-6-9(13)17/h2-5H,6H2,1H3,(H2,13,17)(H,14,18). The molecule has 2 rings (SSSR count). The van der Waals surface area contributed by atoms with Crippen molar-refractivity contribution in [3.05, 3.63) is 39.5 Å². The van der Waals surface area contributed by atoms with Crippen LogP contribution in [0.4, 0.5) is 10.7 Å². The Labute approximate surface area is 123 Å². The van der Waals surface area contributed by atoms with E-state index in [-0.39, 0.29) is 10.6 Å². The lowest BCUT2D eigenvalue weighted by Gasteiger charge is -1.96. The zero-order chi connectivity index (χ0) is 14.5. The zero-order valence-corrected chi connectivity index (χ0v) is 12.3. The number of thioether (sulfide) groups is 1. The van der Waals surface area contributed by atoms with E-state index in [1.165, 1.54) is 0 Å². The molecule has 0 atom stereocenters. The van der Waals surface area contributed by atoms with Crippen molar-refractivity contribution in [2.75, 3.05) is 5.75 Å². The van der Waals surface area contributed by atoms with Crippen molar-refractivity contribution in [1.82, 2.24) is 4.98 Å². The summed E-state index contributed by atoms with van der Waals surface area (Å²) in [6.07, 6.45) is 0. The van der Waals surface area contributed by atoms with Crippen molar-refractivity contribution in [3.8, 4) is 0 Å². The molecule has 1 amide bonds. The molecule has 20 heavy (non-hydrogen) atoms. The number of primary amides is 1. The number of nitrogens with one attached hydrogen (secondary N) is 1. The Morgan fingerprint density at radius 3 is 2.70 bits per heavy atom. The van der Waals surface area contributed by atoms with Gasteiger partial charge >= 0.3 is 4.87 Å². The third-order valence-corrected chi connectivity index (χ3v) is 4.16. The molecule has 0 saturated heterocycles. The van der Waals surface area contributed by atoms with Crippen molar-refractivity contribution < 1.29 is 4.79 Å². The lowest BCUT2D eigenvalue weighted by atomic mass is 10.2. The van der Waals surface area contributed by atoms with E-state index in [1.54, 1.807) is 0 Å². The number of hydrogen-bond acceptors (Lipinski definition) is 6. The van der Waals surface area contributed by atoms with E-state index in [1.807, 2.05) is 31.2 Å². The lowest BCUT2D eigenvalue weighted by Crippen LogP contribution is -2.13. The Hall–Kier alpha value is -1.93. The number of thiazole rings is 1. The van der Waals surface area contributed by atoms with Gasteiger partial charge < -0.3 is 10.7 Å². The minimum absolute atomic E-state index is 0.0831. The highest BCUT2D eigenvalue weighted by Gasteiger charge is 2.09. The highest BCUT2D eigenvalue weighted by Crippen LogP contribution is 2.31. The van der Waals surface area contributed by atoms with Crippen LogP contribution in [-0.2, 0) is 4.79 Å². The Bertz CT molecular complexity index is 688. The van der Waals surface area contributed by atoms with Crippen LogP contribution in [-0.4, -0.2) is 16.6 Å². The highest BCUT2D eigenvalue weighted by atomic mass is 32.2. The Kier molecular flexibility index (Phi) is 4.70. The number of rotatable bonds is 5. The summed E-state index contributed by atoms with van der Waals surface area (Å²) in [6.45, 7) is 1.98. The molecule has 1 heterocycles. The van der Waals surface area contributed by atoms with Crippen LogP contribution in [0.25, 0.3) is 0 Å².